The summed E-state index contributed by atoms with van der Waals surface area (Å²) in [6.07, 6.45) is 6.20. The molecule has 1 atom stereocenters. The summed E-state index contributed by atoms with van der Waals surface area (Å²) in [5.41, 5.74) is 2.88. The first-order chi connectivity index (χ1) is 13.6. The van der Waals surface area contributed by atoms with Gasteiger partial charge in [-0.1, -0.05) is 42.3 Å². The van der Waals surface area contributed by atoms with Gasteiger partial charge in [-0.2, -0.15) is 5.26 Å². The minimum atomic E-state index is -0.510. The summed E-state index contributed by atoms with van der Waals surface area (Å²) in [4.78, 5) is 2.60. The minimum absolute atomic E-state index is 0.0519. The van der Waals surface area contributed by atoms with Crippen LogP contribution in [0.5, 0.6) is 0 Å². The van der Waals surface area contributed by atoms with Gasteiger partial charge < -0.3 is 5.32 Å². The zero-order valence-electron chi connectivity index (χ0n) is 16.0. The molecule has 2 aromatic rings. The third kappa shape index (κ3) is 3.67. The maximum atomic E-state index is 14.1. The van der Waals surface area contributed by atoms with Crippen LogP contribution in [-0.2, 0) is 6.54 Å². The van der Waals surface area contributed by atoms with Gasteiger partial charge in [-0.05, 0) is 62.0 Å². The number of hydrogen-bond donors (Lipinski definition) is 1. The molecular weight excluding hydrogens is 373 g/mol. The standard InChI is InChI=1S/C23H25ClFN3/c24-22-19(15-28-12-2-1-9-23(28)10-4-11-27-16-23)5-3-6-20(22)17-7-8-18(14-26)21(25)13-17/h3,5-8,13,27H,1-2,4,9-12,15-16H2. The highest BCUT2D eigenvalue weighted by Crippen LogP contribution is 2.37. The lowest BCUT2D eigenvalue weighted by molar-refractivity contribution is 0.0187. The van der Waals surface area contributed by atoms with Crippen molar-refractivity contribution < 1.29 is 4.39 Å². The van der Waals surface area contributed by atoms with Gasteiger partial charge in [0.05, 0.1) is 10.6 Å². The van der Waals surface area contributed by atoms with E-state index in [1.807, 2.05) is 18.2 Å². The molecule has 0 amide bonds. The summed E-state index contributed by atoms with van der Waals surface area (Å²) >= 11 is 6.79. The van der Waals surface area contributed by atoms with Crippen LogP contribution in [0, 0.1) is 17.1 Å². The predicted molar refractivity (Wildman–Crippen MR) is 111 cm³/mol. The topological polar surface area (TPSA) is 39.1 Å². The van der Waals surface area contributed by atoms with Gasteiger partial charge in [0.15, 0.2) is 0 Å². The van der Waals surface area contributed by atoms with E-state index in [1.54, 1.807) is 6.07 Å². The molecule has 2 aromatic carbocycles. The largest absolute Gasteiger partial charge is 0.315 e. The Balaban J connectivity index is 1.63. The van der Waals surface area contributed by atoms with E-state index in [2.05, 4.69) is 16.3 Å². The fourth-order valence-electron chi connectivity index (χ4n) is 4.74. The van der Waals surface area contributed by atoms with Gasteiger partial charge in [-0.3, -0.25) is 4.90 Å². The second-order valence-electron chi connectivity index (χ2n) is 7.97. The van der Waals surface area contributed by atoms with E-state index in [0.717, 1.165) is 37.3 Å². The Morgan fingerprint density at radius 1 is 1.18 bits per heavy atom. The Kier molecular flexibility index (Phi) is 5.68. The van der Waals surface area contributed by atoms with Crippen molar-refractivity contribution >= 4 is 11.6 Å². The van der Waals surface area contributed by atoms with E-state index in [4.69, 9.17) is 16.9 Å². The molecule has 1 spiro atoms. The summed E-state index contributed by atoms with van der Waals surface area (Å²) in [5.74, 6) is -0.510. The van der Waals surface area contributed by atoms with Gasteiger partial charge in [0, 0.05) is 24.2 Å². The average Bonchev–Trinajstić information content (AvgIpc) is 2.72. The van der Waals surface area contributed by atoms with E-state index in [0.29, 0.717) is 10.6 Å². The normalized spacial score (nSPS) is 22.9. The highest BCUT2D eigenvalue weighted by molar-refractivity contribution is 6.34. The molecule has 0 aromatic heterocycles. The van der Waals surface area contributed by atoms with Crippen molar-refractivity contribution in [1.82, 2.24) is 10.2 Å². The summed E-state index contributed by atoms with van der Waals surface area (Å²) in [7, 11) is 0. The molecule has 2 heterocycles. The summed E-state index contributed by atoms with van der Waals surface area (Å²) in [6.45, 7) is 4.06. The van der Waals surface area contributed by atoms with Gasteiger partial charge in [0.1, 0.15) is 11.9 Å². The summed E-state index contributed by atoms with van der Waals surface area (Å²) in [6, 6.07) is 12.5. The molecule has 3 nitrogen and oxygen atoms in total. The van der Waals surface area contributed by atoms with Crippen molar-refractivity contribution in [3.63, 3.8) is 0 Å². The highest BCUT2D eigenvalue weighted by atomic mass is 35.5. The molecule has 2 fully saturated rings. The monoisotopic (exact) mass is 397 g/mol. The number of nitrogens with one attached hydrogen (secondary N) is 1. The van der Waals surface area contributed by atoms with E-state index in [1.165, 1.54) is 44.2 Å². The molecular formula is C23H25ClFN3. The lowest BCUT2D eigenvalue weighted by Crippen LogP contribution is -2.59. The molecule has 2 aliphatic heterocycles. The SMILES string of the molecule is N#Cc1ccc(-c2cccc(CN3CCCCC34CCCNC4)c2Cl)cc1F. The van der Waals surface area contributed by atoms with Crippen LogP contribution in [0.1, 0.15) is 43.2 Å². The van der Waals surface area contributed by atoms with Crippen molar-refractivity contribution in [2.24, 2.45) is 0 Å². The number of benzene rings is 2. The Bertz CT molecular complexity index is 891. The molecule has 0 aliphatic carbocycles. The summed E-state index contributed by atoms with van der Waals surface area (Å²) in [5, 5.41) is 13.2. The van der Waals surface area contributed by atoms with Gasteiger partial charge in [-0.25, -0.2) is 4.39 Å². The molecule has 5 heteroatoms. The zero-order chi connectivity index (χ0) is 19.6. The highest BCUT2D eigenvalue weighted by Gasteiger charge is 2.39. The van der Waals surface area contributed by atoms with Crippen LogP contribution in [0.25, 0.3) is 11.1 Å². The molecule has 146 valence electrons. The molecule has 2 aliphatic rings. The van der Waals surface area contributed by atoms with Crippen LogP contribution >= 0.6 is 11.6 Å². The fourth-order valence-corrected chi connectivity index (χ4v) is 5.03. The smallest absolute Gasteiger partial charge is 0.141 e. The summed E-state index contributed by atoms with van der Waals surface area (Å²) < 4.78 is 14.1. The molecule has 2 saturated heterocycles. The number of nitriles is 1. The van der Waals surface area contributed by atoms with Gasteiger partial charge in [0.25, 0.3) is 0 Å². The first kappa shape index (κ1) is 19.4. The first-order valence-electron chi connectivity index (χ1n) is 10.1. The van der Waals surface area contributed by atoms with E-state index >= 15 is 0 Å². The molecule has 0 radical (unpaired) electrons. The third-order valence-corrected chi connectivity index (χ3v) is 6.73. The van der Waals surface area contributed by atoms with Crippen molar-refractivity contribution in [1.29, 1.82) is 5.26 Å². The van der Waals surface area contributed by atoms with Gasteiger partial charge >= 0.3 is 0 Å². The molecule has 0 saturated carbocycles. The maximum absolute atomic E-state index is 14.1. The number of rotatable bonds is 3. The van der Waals surface area contributed by atoms with Crippen LogP contribution in [0.3, 0.4) is 0 Å². The number of likely N-dealkylation sites (tertiary alicyclic amines) is 1. The quantitative estimate of drug-likeness (QED) is 0.780. The van der Waals surface area contributed by atoms with Crippen LogP contribution in [0.15, 0.2) is 36.4 Å². The van der Waals surface area contributed by atoms with Crippen molar-refractivity contribution in [2.75, 3.05) is 19.6 Å². The Morgan fingerprint density at radius 2 is 2.04 bits per heavy atom. The number of halogens is 2. The van der Waals surface area contributed by atoms with Crippen LogP contribution in [0.2, 0.25) is 5.02 Å². The van der Waals surface area contributed by atoms with E-state index in [9.17, 15) is 4.39 Å². The predicted octanol–water partition coefficient (Wildman–Crippen LogP) is 5.13. The number of hydrogen-bond acceptors (Lipinski definition) is 3. The van der Waals surface area contributed by atoms with Crippen molar-refractivity contribution in [3.8, 4) is 17.2 Å². The molecule has 1 unspecified atom stereocenters. The van der Waals surface area contributed by atoms with Crippen LogP contribution < -0.4 is 5.32 Å². The molecule has 0 bridgehead atoms. The van der Waals surface area contributed by atoms with Crippen LogP contribution in [0.4, 0.5) is 4.39 Å². The van der Waals surface area contributed by atoms with E-state index < -0.39 is 5.82 Å². The third-order valence-electron chi connectivity index (χ3n) is 6.28. The lowest BCUT2D eigenvalue weighted by atomic mass is 9.80. The fraction of sp³-hybridized carbons (Fsp3) is 0.435. The molecule has 4 rings (SSSR count). The lowest BCUT2D eigenvalue weighted by Gasteiger charge is -2.50. The van der Waals surface area contributed by atoms with Crippen molar-refractivity contribution in [3.05, 3.63) is 58.4 Å². The van der Waals surface area contributed by atoms with Crippen LogP contribution in [-0.4, -0.2) is 30.1 Å². The van der Waals surface area contributed by atoms with Crippen molar-refractivity contribution in [2.45, 2.75) is 44.2 Å². The molecule has 1 N–H and O–H groups in total. The second-order valence-corrected chi connectivity index (χ2v) is 8.35. The van der Waals surface area contributed by atoms with Gasteiger partial charge in [0.2, 0.25) is 0 Å². The van der Waals surface area contributed by atoms with E-state index in [-0.39, 0.29) is 11.1 Å². The second kappa shape index (κ2) is 8.21. The Morgan fingerprint density at radius 3 is 2.79 bits per heavy atom. The maximum Gasteiger partial charge on any atom is 0.141 e. The number of nitrogens with zero attached hydrogens (tertiary/aromatic N) is 2. The zero-order valence-corrected chi connectivity index (χ0v) is 16.7. The average molecular weight is 398 g/mol. The Hall–Kier alpha value is -1.93. The minimum Gasteiger partial charge on any atom is -0.315 e. The van der Waals surface area contributed by atoms with Gasteiger partial charge in [-0.15, -0.1) is 0 Å². The first-order valence-corrected chi connectivity index (χ1v) is 10.4. The number of piperidine rings is 2. The Labute approximate surface area is 171 Å². The molecule has 28 heavy (non-hydrogen) atoms.